The first-order valence-electron chi connectivity index (χ1n) is 8.01. The molecule has 0 saturated carbocycles. The van der Waals surface area contributed by atoms with Gasteiger partial charge in [0, 0.05) is 11.5 Å². The number of benzene rings is 1. The summed E-state index contributed by atoms with van der Waals surface area (Å²) in [5.74, 6) is 0.501. The Bertz CT molecular complexity index is 327. The predicted molar refractivity (Wildman–Crippen MR) is 85.4 cm³/mol. The third-order valence-electron chi connectivity index (χ3n) is 4.56. The summed E-state index contributed by atoms with van der Waals surface area (Å²) in [4.78, 5) is 0. The fourth-order valence-corrected chi connectivity index (χ4v) is 2.99. The summed E-state index contributed by atoms with van der Waals surface area (Å²) >= 11 is 0. The van der Waals surface area contributed by atoms with Gasteiger partial charge in [-0.3, -0.25) is 0 Å². The highest BCUT2D eigenvalue weighted by molar-refractivity contribution is 5.23. The molecule has 0 aliphatic rings. The van der Waals surface area contributed by atoms with Crippen LogP contribution >= 0.6 is 0 Å². The molecule has 1 nitrogen and oxygen atoms in total. The lowest BCUT2D eigenvalue weighted by Gasteiger charge is -2.37. The number of nitrogens with two attached hydrogens (primary N) is 1. The number of hydrogen-bond acceptors (Lipinski definition) is 1. The second kappa shape index (κ2) is 8.37. The van der Waals surface area contributed by atoms with Crippen LogP contribution in [0.2, 0.25) is 0 Å². The van der Waals surface area contributed by atoms with E-state index >= 15 is 0 Å². The van der Waals surface area contributed by atoms with Crippen LogP contribution in [0.1, 0.15) is 77.2 Å². The second-order valence-electron chi connectivity index (χ2n) is 5.75. The number of unbranched alkanes of at least 4 members (excludes halogenated alkanes) is 3. The second-order valence-corrected chi connectivity index (χ2v) is 5.75. The first-order chi connectivity index (χ1) is 9.18. The van der Waals surface area contributed by atoms with Crippen molar-refractivity contribution in [2.45, 2.75) is 77.2 Å². The summed E-state index contributed by atoms with van der Waals surface area (Å²) < 4.78 is 0. The van der Waals surface area contributed by atoms with Gasteiger partial charge in [0.15, 0.2) is 0 Å². The van der Waals surface area contributed by atoms with E-state index in [0.29, 0.717) is 5.92 Å². The lowest BCUT2D eigenvalue weighted by molar-refractivity contribution is 0.300. The van der Waals surface area contributed by atoms with Gasteiger partial charge in [0.05, 0.1) is 0 Å². The maximum absolute atomic E-state index is 6.69. The van der Waals surface area contributed by atoms with E-state index in [1.165, 1.54) is 37.7 Å². The van der Waals surface area contributed by atoms with Crippen molar-refractivity contribution in [3.05, 3.63) is 35.9 Å². The molecule has 108 valence electrons. The van der Waals surface area contributed by atoms with Crippen LogP contribution in [0.5, 0.6) is 0 Å². The minimum absolute atomic E-state index is 0.0480. The van der Waals surface area contributed by atoms with Crippen LogP contribution in [0.3, 0.4) is 0 Å². The van der Waals surface area contributed by atoms with E-state index in [9.17, 15) is 0 Å². The van der Waals surface area contributed by atoms with Crippen LogP contribution in [0, 0.1) is 0 Å². The van der Waals surface area contributed by atoms with Crippen molar-refractivity contribution in [3.8, 4) is 0 Å². The molecule has 0 heterocycles. The van der Waals surface area contributed by atoms with Gasteiger partial charge < -0.3 is 5.73 Å². The summed E-state index contributed by atoms with van der Waals surface area (Å²) in [6.45, 7) is 6.72. The fraction of sp³-hybridized carbons (Fsp3) is 0.667. The van der Waals surface area contributed by atoms with Gasteiger partial charge in [0.1, 0.15) is 0 Å². The molecule has 0 aliphatic heterocycles. The summed E-state index contributed by atoms with van der Waals surface area (Å²) in [6.07, 6.45) is 8.61. The SMILES string of the molecule is CCCCCCC(c1ccccc1)C(N)(CC)CC. The Labute approximate surface area is 119 Å². The van der Waals surface area contributed by atoms with Crippen LogP contribution in [0.25, 0.3) is 0 Å². The number of hydrogen-bond donors (Lipinski definition) is 1. The van der Waals surface area contributed by atoms with Crippen LogP contribution < -0.4 is 5.73 Å². The van der Waals surface area contributed by atoms with Crippen LogP contribution in [0.4, 0.5) is 0 Å². The molecule has 0 radical (unpaired) electrons. The predicted octanol–water partition coefficient (Wildman–Crippen LogP) is 5.26. The van der Waals surface area contributed by atoms with Crippen molar-refractivity contribution in [1.29, 1.82) is 0 Å². The smallest absolute Gasteiger partial charge is 0.0218 e. The Hall–Kier alpha value is -0.820. The monoisotopic (exact) mass is 261 g/mol. The first kappa shape index (κ1) is 16.2. The fourth-order valence-electron chi connectivity index (χ4n) is 2.99. The van der Waals surface area contributed by atoms with Crippen LogP contribution in [-0.4, -0.2) is 5.54 Å². The Morgan fingerprint density at radius 1 is 0.947 bits per heavy atom. The van der Waals surface area contributed by atoms with Gasteiger partial charge in [0.2, 0.25) is 0 Å². The van der Waals surface area contributed by atoms with Gasteiger partial charge in [-0.1, -0.05) is 76.8 Å². The molecular weight excluding hydrogens is 230 g/mol. The Morgan fingerprint density at radius 2 is 1.58 bits per heavy atom. The molecule has 0 saturated heterocycles. The van der Waals surface area contributed by atoms with Crippen molar-refractivity contribution in [2.75, 3.05) is 0 Å². The standard InChI is InChI=1S/C18H31N/c1-4-7-8-12-15-17(18(19,5-2)6-3)16-13-10-9-11-14-16/h9-11,13-14,17H,4-8,12,15,19H2,1-3H3. The van der Waals surface area contributed by atoms with Crippen molar-refractivity contribution in [3.63, 3.8) is 0 Å². The largest absolute Gasteiger partial charge is 0.325 e. The van der Waals surface area contributed by atoms with E-state index in [2.05, 4.69) is 51.1 Å². The van der Waals surface area contributed by atoms with Gasteiger partial charge in [-0.15, -0.1) is 0 Å². The van der Waals surface area contributed by atoms with Gasteiger partial charge >= 0.3 is 0 Å². The zero-order valence-electron chi connectivity index (χ0n) is 13.0. The first-order valence-corrected chi connectivity index (χ1v) is 8.01. The molecule has 2 N–H and O–H groups in total. The minimum atomic E-state index is -0.0480. The molecule has 0 amide bonds. The van der Waals surface area contributed by atoms with Crippen molar-refractivity contribution < 1.29 is 0 Å². The molecule has 1 aromatic carbocycles. The molecule has 19 heavy (non-hydrogen) atoms. The maximum Gasteiger partial charge on any atom is 0.0218 e. The van der Waals surface area contributed by atoms with E-state index < -0.39 is 0 Å². The van der Waals surface area contributed by atoms with Gasteiger partial charge in [-0.25, -0.2) is 0 Å². The van der Waals surface area contributed by atoms with E-state index in [1.807, 2.05) is 0 Å². The molecule has 0 fully saturated rings. The lowest BCUT2D eigenvalue weighted by Crippen LogP contribution is -2.44. The normalized spacial score (nSPS) is 13.5. The minimum Gasteiger partial charge on any atom is -0.325 e. The topological polar surface area (TPSA) is 26.0 Å². The van der Waals surface area contributed by atoms with Crippen LogP contribution in [-0.2, 0) is 0 Å². The van der Waals surface area contributed by atoms with E-state index in [-0.39, 0.29) is 5.54 Å². The van der Waals surface area contributed by atoms with E-state index in [1.54, 1.807) is 0 Å². The molecule has 1 unspecified atom stereocenters. The highest BCUT2D eigenvalue weighted by Crippen LogP contribution is 2.36. The summed E-state index contributed by atoms with van der Waals surface area (Å²) in [5, 5.41) is 0. The third kappa shape index (κ3) is 4.65. The highest BCUT2D eigenvalue weighted by Gasteiger charge is 2.31. The molecule has 1 heteroatoms. The van der Waals surface area contributed by atoms with Crippen molar-refractivity contribution in [2.24, 2.45) is 5.73 Å². The molecular formula is C18H31N. The van der Waals surface area contributed by atoms with Crippen molar-refractivity contribution >= 4 is 0 Å². The van der Waals surface area contributed by atoms with Gasteiger partial charge in [0.25, 0.3) is 0 Å². The highest BCUT2D eigenvalue weighted by atomic mass is 14.8. The number of rotatable bonds is 9. The van der Waals surface area contributed by atoms with Crippen molar-refractivity contribution in [1.82, 2.24) is 0 Å². The maximum atomic E-state index is 6.69. The summed E-state index contributed by atoms with van der Waals surface area (Å²) in [7, 11) is 0. The molecule has 0 spiro atoms. The van der Waals surface area contributed by atoms with Gasteiger partial charge in [-0.2, -0.15) is 0 Å². The van der Waals surface area contributed by atoms with E-state index in [4.69, 9.17) is 5.73 Å². The third-order valence-corrected chi connectivity index (χ3v) is 4.56. The molecule has 1 aromatic rings. The average molecular weight is 261 g/mol. The van der Waals surface area contributed by atoms with Gasteiger partial charge in [-0.05, 0) is 24.8 Å². The zero-order valence-corrected chi connectivity index (χ0v) is 13.0. The summed E-state index contributed by atoms with van der Waals surface area (Å²) in [6, 6.07) is 10.9. The molecule has 0 aliphatic carbocycles. The lowest BCUT2D eigenvalue weighted by atomic mass is 9.74. The zero-order chi connectivity index (χ0) is 14.1. The molecule has 0 aromatic heterocycles. The van der Waals surface area contributed by atoms with Crippen LogP contribution in [0.15, 0.2) is 30.3 Å². The Morgan fingerprint density at radius 3 is 2.11 bits per heavy atom. The quantitative estimate of drug-likeness (QED) is 0.603. The average Bonchev–Trinajstić information content (AvgIpc) is 2.47. The Kier molecular flexibility index (Phi) is 7.15. The molecule has 1 rings (SSSR count). The Balaban J connectivity index is 2.79. The summed E-state index contributed by atoms with van der Waals surface area (Å²) in [5.41, 5.74) is 8.06. The molecule has 1 atom stereocenters. The van der Waals surface area contributed by atoms with E-state index in [0.717, 1.165) is 12.8 Å². The molecule has 0 bridgehead atoms.